The number of carbonyl (C=O) groups is 2. The van der Waals surface area contributed by atoms with Crippen molar-refractivity contribution in [1.29, 1.82) is 0 Å². The van der Waals surface area contributed by atoms with Crippen molar-refractivity contribution in [2.24, 2.45) is 0 Å². The van der Waals surface area contributed by atoms with E-state index in [4.69, 9.17) is 4.74 Å². The van der Waals surface area contributed by atoms with Crippen molar-refractivity contribution in [2.75, 3.05) is 5.32 Å². The Morgan fingerprint density at radius 3 is 2.56 bits per heavy atom. The summed E-state index contributed by atoms with van der Waals surface area (Å²) in [5, 5.41) is 2.79. The van der Waals surface area contributed by atoms with Crippen LogP contribution >= 0.6 is 0 Å². The van der Waals surface area contributed by atoms with E-state index in [9.17, 15) is 9.59 Å². The van der Waals surface area contributed by atoms with Gasteiger partial charge >= 0.3 is 5.97 Å². The average Bonchev–Trinajstić information content (AvgIpc) is 2.20. The summed E-state index contributed by atoms with van der Waals surface area (Å²) in [6.45, 7) is 6.66. The number of hydrogen-bond acceptors (Lipinski definition) is 3. The van der Waals surface area contributed by atoms with E-state index < -0.39 is 0 Å². The van der Waals surface area contributed by atoms with Crippen molar-refractivity contribution in [3.63, 3.8) is 0 Å². The van der Waals surface area contributed by atoms with E-state index in [2.05, 4.69) is 5.32 Å². The number of rotatable bonds is 4. The standard InChI is InChI=1S/C14H19NO3/c1-9-5-6-13(8-10(2)18-12(4)17)14(7-9)15-11(3)16/h5-7,10H,8H2,1-4H3,(H,15,16). The maximum Gasteiger partial charge on any atom is 0.302 e. The molecule has 98 valence electrons. The van der Waals surface area contributed by atoms with Crippen LogP contribution in [0, 0.1) is 6.92 Å². The van der Waals surface area contributed by atoms with Crippen molar-refractivity contribution < 1.29 is 14.3 Å². The van der Waals surface area contributed by atoms with Crippen LogP contribution in [0.15, 0.2) is 18.2 Å². The number of amides is 1. The minimum Gasteiger partial charge on any atom is -0.463 e. The Morgan fingerprint density at radius 2 is 2.00 bits per heavy atom. The molecule has 0 radical (unpaired) electrons. The third-order valence-electron chi connectivity index (χ3n) is 2.45. The van der Waals surface area contributed by atoms with Crippen molar-refractivity contribution in [2.45, 2.75) is 40.2 Å². The molecule has 1 rings (SSSR count). The molecule has 0 saturated heterocycles. The van der Waals surface area contributed by atoms with Gasteiger partial charge in [0.2, 0.25) is 5.91 Å². The van der Waals surface area contributed by atoms with E-state index in [-0.39, 0.29) is 18.0 Å². The molecule has 0 aromatic heterocycles. The highest BCUT2D eigenvalue weighted by molar-refractivity contribution is 5.89. The number of aryl methyl sites for hydroxylation is 1. The van der Waals surface area contributed by atoms with Gasteiger partial charge in [-0.15, -0.1) is 0 Å². The van der Waals surface area contributed by atoms with Crippen LogP contribution in [-0.4, -0.2) is 18.0 Å². The van der Waals surface area contributed by atoms with E-state index in [1.807, 2.05) is 32.0 Å². The number of carbonyl (C=O) groups excluding carboxylic acids is 2. The maximum atomic E-state index is 11.1. The van der Waals surface area contributed by atoms with Crippen LogP contribution in [0.3, 0.4) is 0 Å². The zero-order chi connectivity index (χ0) is 13.7. The Kier molecular flexibility index (Phi) is 4.89. The molecular formula is C14H19NO3. The van der Waals surface area contributed by atoms with Crippen LogP contribution in [0.5, 0.6) is 0 Å². The molecule has 0 aliphatic carbocycles. The number of anilines is 1. The fraction of sp³-hybridized carbons (Fsp3) is 0.429. The van der Waals surface area contributed by atoms with Crippen LogP contribution in [-0.2, 0) is 20.7 Å². The Hall–Kier alpha value is -1.84. The second kappa shape index (κ2) is 6.19. The van der Waals surface area contributed by atoms with Gasteiger partial charge in [0.15, 0.2) is 0 Å². The molecule has 0 saturated carbocycles. The third-order valence-corrected chi connectivity index (χ3v) is 2.45. The molecule has 1 unspecified atom stereocenters. The predicted molar refractivity (Wildman–Crippen MR) is 70.4 cm³/mol. The number of benzene rings is 1. The van der Waals surface area contributed by atoms with Gasteiger partial charge in [0.1, 0.15) is 6.10 Å². The van der Waals surface area contributed by atoms with Gasteiger partial charge in [-0.05, 0) is 31.0 Å². The molecular weight excluding hydrogens is 230 g/mol. The lowest BCUT2D eigenvalue weighted by Gasteiger charge is -2.15. The SMILES string of the molecule is CC(=O)Nc1cc(C)ccc1CC(C)OC(C)=O. The molecule has 1 N–H and O–H groups in total. The molecule has 0 heterocycles. The van der Waals surface area contributed by atoms with E-state index in [1.165, 1.54) is 13.8 Å². The Morgan fingerprint density at radius 1 is 1.33 bits per heavy atom. The highest BCUT2D eigenvalue weighted by atomic mass is 16.5. The van der Waals surface area contributed by atoms with Gasteiger partial charge in [0.05, 0.1) is 0 Å². The molecule has 1 aromatic rings. The quantitative estimate of drug-likeness (QED) is 0.834. The highest BCUT2D eigenvalue weighted by Crippen LogP contribution is 2.20. The summed E-state index contributed by atoms with van der Waals surface area (Å²) in [5.74, 6) is -0.405. The van der Waals surface area contributed by atoms with Gasteiger partial charge in [-0.1, -0.05) is 12.1 Å². The van der Waals surface area contributed by atoms with Crippen LogP contribution in [0.25, 0.3) is 0 Å². The number of nitrogens with one attached hydrogen (secondary N) is 1. The van der Waals surface area contributed by atoms with Gasteiger partial charge in [-0.2, -0.15) is 0 Å². The summed E-state index contributed by atoms with van der Waals surface area (Å²) in [5.41, 5.74) is 2.81. The largest absolute Gasteiger partial charge is 0.463 e. The first kappa shape index (κ1) is 14.2. The van der Waals surface area contributed by atoms with Crippen molar-refractivity contribution >= 4 is 17.6 Å². The van der Waals surface area contributed by atoms with Crippen LogP contribution in [0.1, 0.15) is 31.9 Å². The summed E-state index contributed by atoms with van der Waals surface area (Å²) in [4.78, 5) is 22.0. The topological polar surface area (TPSA) is 55.4 Å². The highest BCUT2D eigenvalue weighted by Gasteiger charge is 2.11. The van der Waals surface area contributed by atoms with Gasteiger partial charge in [0, 0.05) is 26.0 Å². The predicted octanol–water partition coefficient (Wildman–Crippen LogP) is 2.45. The molecule has 0 fully saturated rings. The first-order valence-corrected chi connectivity index (χ1v) is 5.93. The summed E-state index contributed by atoms with van der Waals surface area (Å²) in [6.07, 6.45) is 0.368. The first-order valence-electron chi connectivity index (χ1n) is 5.93. The summed E-state index contributed by atoms with van der Waals surface area (Å²) in [7, 11) is 0. The summed E-state index contributed by atoms with van der Waals surface area (Å²) in [6, 6.07) is 5.83. The van der Waals surface area contributed by atoms with Crippen LogP contribution in [0.2, 0.25) is 0 Å². The minimum absolute atomic E-state index is 0.109. The third kappa shape index (κ3) is 4.57. The van der Waals surface area contributed by atoms with Gasteiger partial charge in [-0.3, -0.25) is 9.59 Å². The van der Waals surface area contributed by atoms with Crippen molar-refractivity contribution in [3.8, 4) is 0 Å². The van der Waals surface area contributed by atoms with Crippen LogP contribution in [0.4, 0.5) is 5.69 Å². The molecule has 1 atom stereocenters. The first-order chi connectivity index (χ1) is 8.38. The smallest absolute Gasteiger partial charge is 0.302 e. The summed E-state index contributed by atoms with van der Waals surface area (Å²) < 4.78 is 5.09. The number of ether oxygens (including phenoxy) is 1. The molecule has 0 aliphatic heterocycles. The Bertz CT molecular complexity index is 454. The second-order valence-electron chi connectivity index (χ2n) is 4.47. The molecule has 4 heteroatoms. The lowest BCUT2D eigenvalue weighted by atomic mass is 10.0. The molecule has 1 amide bonds. The van der Waals surface area contributed by atoms with E-state index in [0.717, 1.165) is 16.8 Å². The fourth-order valence-electron chi connectivity index (χ4n) is 1.81. The van der Waals surface area contributed by atoms with Gasteiger partial charge in [-0.25, -0.2) is 0 Å². The zero-order valence-electron chi connectivity index (χ0n) is 11.2. The van der Waals surface area contributed by atoms with E-state index >= 15 is 0 Å². The normalized spacial score (nSPS) is 11.8. The fourth-order valence-corrected chi connectivity index (χ4v) is 1.81. The van der Waals surface area contributed by atoms with E-state index in [1.54, 1.807) is 0 Å². The average molecular weight is 249 g/mol. The Balaban J connectivity index is 2.86. The molecule has 4 nitrogen and oxygen atoms in total. The van der Waals surface area contributed by atoms with Crippen molar-refractivity contribution in [3.05, 3.63) is 29.3 Å². The zero-order valence-corrected chi connectivity index (χ0v) is 11.2. The second-order valence-corrected chi connectivity index (χ2v) is 4.47. The van der Waals surface area contributed by atoms with Gasteiger partial charge in [0.25, 0.3) is 0 Å². The lowest BCUT2D eigenvalue weighted by molar-refractivity contribution is -0.145. The number of hydrogen-bond donors (Lipinski definition) is 1. The minimum atomic E-state index is -0.296. The molecule has 0 spiro atoms. The molecule has 0 aliphatic rings. The number of esters is 1. The molecule has 1 aromatic carbocycles. The molecule has 18 heavy (non-hydrogen) atoms. The summed E-state index contributed by atoms with van der Waals surface area (Å²) >= 11 is 0. The van der Waals surface area contributed by atoms with Gasteiger partial charge < -0.3 is 10.1 Å². The monoisotopic (exact) mass is 249 g/mol. The Labute approximate surface area is 107 Å². The maximum absolute atomic E-state index is 11.1. The van der Waals surface area contributed by atoms with E-state index in [0.29, 0.717) is 6.42 Å². The lowest BCUT2D eigenvalue weighted by Crippen LogP contribution is -2.17. The molecule has 0 bridgehead atoms. The van der Waals surface area contributed by atoms with Crippen LogP contribution < -0.4 is 5.32 Å². The van der Waals surface area contributed by atoms with Crippen molar-refractivity contribution in [1.82, 2.24) is 0 Å².